The summed E-state index contributed by atoms with van der Waals surface area (Å²) in [7, 11) is 0. The Bertz CT molecular complexity index is 416. The zero-order valence-electron chi connectivity index (χ0n) is 10.9. The molecule has 0 spiro atoms. The lowest BCUT2D eigenvalue weighted by Crippen LogP contribution is -2.54. The van der Waals surface area contributed by atoms with Gasteiger partial charge in [-0.25, -0.2) is 8.78 Å². The molecular formula is C12H16F5N3. The molecule has 20 heavy (non-hydrogen) atoms. The summed E-state index contributed by atoms with van der Waals surface area (Å²) in [5, 5.41) is 2.71. The molecule has 114 valence electrons. The summed E-state index contributed by atoms with van der Waals surface area (Å²) in [6.07, 6.45) is -2.61. The van der Waals surface area contributed by atoms with E-state index in [1.807, 2.05) is 0 Å². The van der Waals surface area contributed by atoms with Crippen LogP contribution in [0.1, 0.15) is 13.3 Å². The number of nitrogens with zero attached hydrogens (tertiary/aromatic N) is 2. The van der Waals surface area contributed by atoms with Crippen molar-refractivity contribution in [2.45, 2.75) is 31.5 Å². The third kappa shape index (κ3) is 3.68. The number of aliphatic imine (C=N–C) groups is 1. The van der Waals surface area contributed by atoms with Gasteiger partial charge in [0.2, 0.25) is 0 Å². The molecule has 1 saturated heterocycles. The Morgan fingerprint density at radius 1 is 1.45 bits per heavy atom. The van der Waals surface area contributed by atoms with Gasteiger partial charge in [0.15, 0.2) is 5.70 Å². The lowest BCUT2D eigenvalue weighted by molar-refractivity contribution is -0.0938. The average molecular weight is 297 g/mol. The van der Waals surface area contributed by atoms with Crippen molar-refractivity contribution in [1.29, 1.82) is 0 Å². The smallest absolute Gasteiger partial charge is 0.369 e. The first-order valence-corrected chi connectivity index (χ1v) is 6.34. The predicted molar refractivity (Wildman–Crippen MR) is 64.7 cm³/mol. The number of allylic oxidation sites excluding steroid dienone is 1. The minimum Gasteiger partial charge on any atom is -0.369 e. The third-order valence-corrected chi connectivity index (χ3v) is 3.50. The number of halogens is 5. The number of hydrogen-bond acceptors (Lipinski definition) is 3. The number of hydrogen-bond donors (Lipinski definition) is 1. The topological polar surface area (TPSA) is 27.6 Å². The Morgan fingerprint density at radius 2 is 2.15 bits per heavy atom. The van der Waals surface area contributed by atoms with Gasteiger partial charge in [0, 0.05) is 31.4 Å². The Morgan fingerprint density at radius 3 is 2.75 bits per heavy atom. The Hall–Kier alpha value is -1.18. The van der Waals surface area contributed by atoms with E-state index in [0.717, 1.165) is 6.20 Å². The van der Waals surface area contributed by atoms with Crippen LogP contribution < -0.4 is 5.32 Å². The van der Waals surface area contributed by atoms with Crippen molar-refractivity contribution in [3.8, 4) is 0 Å². The maximum absolute atomic E-state index is 13.2. The lowest BCUT2D eigenvalue weighted by atomic mass is 9.90. The molecule has 0 aromatic heterocycles. The summed E-state index contributed by atoms with van der Waals surface area (Å²) in [5.74, 6) is -3.05. The standard InChI is InChI=1S/C12H16F5N3/c1-8-4-11(13,14)7-19-9(8)5-20-3-2-18-10(6-20)12(15,16)17/h2,6,8-9,19H,3-5,7H2,1H3/t8-,9-/m1/s1. The normalized spacial score (nSPS) is 30.3. The summed E-state index contributed by atoms with van der Waals surface area (Å²) < 4.78 is 64.0. The molecule has 0 unspecified atom stereocenters. The first kappa shape index (κ1) is 15.2. The highest BCUT2D eigenvalue weighted by Crippen LogP contribution is 2.31. The quantitative estimate of drug-likeness (QED) is 0.793. The van der Waals surface area contributed by atoms with Crippen molar-refractivity contribution in [3.05, 3.63) is 11.9 Å². The van der Waals surface area contributed by atoms with Crippen LogP contribution in [0.25, 0.3) is 0 Å². The van der Waals surface area contributed by atoms with E-state index in [-0.39, 0.29) is 31.5 Å². The lowest BCUT2D eigenvalue weighted by Gasteiger charge is -2.38. The van der Waals surface area contributed by atoms with Gasteiger partial charge < -0.3 is 10.2 Å². The minimum atomic E-state index is -4.49. The molecule has 3 nitrogen and oxygen atoms in total. The summed E-state index contributed by atoms with van der Waals surface area (Å²) in [6, 6.07) is -0.258. The van der Waals surface area contributed by atoms with E-state index in [9.17, 15) is 22.0 Å². The fourth-order valence-electron chi connectivity index (χ4n) is 2.44. The van der Waals surface area contributed by atoms with E-state index in [4.69, 9.17) is 0 Å². The second-order valence-electron chi connectivity index (χ2n) is 5.30. The van der Waals surface area contributed by atoms with Crippen LogP contribution in [0.4, 0.5) is 22.0 Å². The van der Waals surface area contributed by atoms with E-state index in [2.05, 4.69) is 10.3 Å². The zero-order valence-corrected chi connectivity index (χ0v) is 10.9. The van der Waals surface area contributed by atoms with E-state index in [1.165, 1.54) is 11.1 Å². The van der Waals surface area contributed by atoms with Crippen LogP contribution in [0.5, 0.6) is 0 Å². The fraction of sp³-hybridized carbons (Fsp3) is 0.750. The molecule has 0 aromatic carbocycles. The van der Waals surface area contributed by atoms with Crippen LogP contribution in [-0.4, -0.2) is 48.9 Å². The Kier molecular flexibility index (Phi) is 4.04. The van der Waals surface area contributed by atoms with Crippen LogP contribution >= 0.6 is 0 Å². The van der Waals surface area contributed by atoms with Gasteiger partial charge in [-0.2, -0.15) is 13.2 Å². The molecule has 0 amide bonds. The molecule has 0 saturated carbocycles. The van der Waals surface area contributed by atoms with E-state index in [1.54, 1.807) is 6.92 Å². The third-order valence-electron chi connectivity index (χ3n) is 3.50. The van der Waals surface area contributed by atoms with Gasteiger partial charge in [-0.1, -0.05) is 6.92 Å². The molecule has 0 radical (unpaired) electrons. The van der Waals surface area contributed by atoms with Gasteiger partial charge in [-0.3, -0.25) is 4.99 Å². The van der Waals surface area contributed by atoms with E-state index >= 15 is 0 Å². The van der Waals surface area contributed by atoms with Crippen molar-refractivity contribution in [1.82, 2.24) is 10.2 Å². The molecule has 8 heteroatoms. The highest BCUT2D eigenvalue weighted by molar-refractivity contribution is 5.63. The molecule has 2 atom stereocenters. The van der Waals surface area contributed by atoms with Crippen LogP contribution in [0.2, 0.25) is 0 Å². The molecule has 2 aliphatic rings. The Balaban J connectivity index is 1.98. The monoisotopic (exact) mass is 297 g/mol. The van der Waals surface area contributed by atoms with E-state index < -0.39 is 24.3 Å². The molecule has 0 aliphatic carbocycles. The van der Waals surface area contributed by atoms with Gasteiger partial charge in [-0.15, -0.1) is 0 Å². The first-order valence-electron chi connectivity index (χ1n) is 6.34. The average Bonchev–Trinajstić information content (AvgIpc) is 2.32. The molecular weight excluding hydrogens is 281 g/mol. The van der Waals surface area contributed by atoms with Crippen LogP contribution in [0, 0.1) is 5.92 Å². The molecule has 0 bridgehead atoms. The summed E-state index contributed by atoms with van der Waals surface area (Å²) in [5.41, 5.74) is -0.961. The van der Waals surface area contributed by atoms with Crippen molar-refractivity contribution in [2.24, 2.45) is 10.9 Å². The van der Waals surface area contributed by atoms with Gasteiger partial charge in [0.05, 0.1) is 13.1 Å². The van der Waals surface area contributed by atoms with Gasteiger partial charge in [0.1, 0.15) is 0 Å². The van der Waals surface area contributed by atoms with Crippen molar-refractivity contribution < 1.29 is 22.0 Å². The second-order valence-corrected chi connectivity index (χ2v) is 5.30. The molecule has 0 aromatic rings. The van der Waals surface area contributed by atoms with Gasteiger partial charge in [0.25, 0.3) is 5.92 Å². The molecule has 2 heterocycles. The highest BCUT2D eigenvalue weighted by Gasteiger charge is 2.40. The number of rotatable bonds is 2. The Labute approximate surface area is 113 Å². The van der Waals surface area contributed by atoms with Crippen LogP contribution in [-0.2, 0) is 0 Å². The van der Waals surface area contributed by atoms with Gasteiger partial charge in [-0.05, 0) is 5.92 Å². The number of piperidine rings is 1. The summed E-state index contributed by atoms with van der Waals surface area (Å²) in [6.45, 7) is 1.75. The maximum atomic E-state index is 13.2. The molecule has 2 aliphatic heterocycles. The van der Waals surface area contributed by atoms with Crippen molar-refractivity contribution in [3.63, 3.8) is 0 Å². The number of alkyl halides is 5. The van der Waals surface area contributed by atoms with E-state index in [0.29, 0.717) is 0 Å². The molecule has 2 rings (SSSR count). The minimum absolute atomic E-state index is 0.248. The summed E-state index contributed by atoms with van der Waals surface area (Å²) >= 11 is 0. The first-order chi connectivity index (χ1) is 9.17. The van der Waals surface area contributed by atoms with Crippen LogP contribution in [0.3, 0.4) is 0 Å². The fourth-order valence-corrected chi connectivity index (χ4v) is 2.44. The largest absolute Gasteiger partial charge is 0.434 e. The summed E-state index contributed by atoms with van der Waals surface area (Å²) in [4.78, 5) is 4.77. The predicted octanol–water partition coefficient (Wildman–Crippen LogP) is 2.41. The zero-order chi connectivity index (χ0) is 15.0. The maximum Gasteiger partial charge on any atom is 0.434 e. The SMILES string of the molecule is C[C@@H]1CC(F)(F)CN[C@@H]1CN1C=C(C(F)(F)F)N=CC1. The van der Waals surface area contributed by atoms with Crippen molar-refractivity contribution in [2.75, 3.05) is 19.6 Å². The highest BCUT2D eigenvalue weighted by atomic mass is 19.4. The molecule has 1 fully saturated rings. The van der Waals surface area contributed by atoms with Crippen molar-refractivity contribution >= 4 is 6.21 Å². The second kappa shape index (κ2) is 5.31. The molecule has 1 N–H and O–H groups in total. The van der Waals surface area contributed by atoms with Gasteiger partial charge >= 0.3 is 6.18 Å². The van der Waals surface area contributed by atoms with Crippen LogP contribution in [0.15, 0.2) is 16.9 Å². The number of nitrogens with one attached hydrogen (secondary N) is 1.